The Hall–Kier alpha value is -1.11. The molecule has 1 aromatic carbocycles. The highest BCUT2D eigenvalue weighted by molar-refractivity contribution is 7.87. The molecule has 0 fully saturated rings. The molecule has 0 aliphatic carbocycles. The van der Waals surface area contributed by atoms with Gasteiger partial charge in [0.25, 0.3) is 10.2 Å². The second-order valence-corrected chi connectivity index (χ2v) is 6.92. The third-order valence-electron chi connectivity index (χ3n) is 2.99. The summed E-state index contributed by atoms with van der Waals surface area (Å²) in [6.45, 7) is 6.19. The molecule has 0 aromatic heterocycles. The van der Waals surface area contributed by atoms with Gasteiger partial charge in [0.15, 0.2) is 0 Å². The van der Waals surface area contributed by atoms with Crippen LogP contribution in [0.2, 0.25) is 0 Å². The lowest BCUT2D eigenvalue weighted by molar-refractivity contribution is 0.388. The predicted molar refractivity (Wildman–Crippen MR) is 78.8 cm³/mol. The molecule has 5 nitrogen and oxygen atoms in total. The molecule has 0 aliphatic rings. The summed E-state index contributed by atoms with van der Waals surface area (Å²) in [6, 6.07) is 6.99. The lowest BCUT2D eigenvalue weighted by atomic mass is 10.1. The van der Waals surface area contributed by atoms with E-state index >= 15 is 0 Å². The monoisotopic (exact) mass is 285 g/mol. The minimum atomic E-state index is -3.47. The number of rotatable bonds is 6. The zero-order valence-corrected chi connectivity index (χ0v) is 12.7. The summed E-state index contributed by atoms with van der Waals surface area (Å²) in [5, 5.41) is 0. The van der Waals surface area contributed by atoms with Crippen molar-refractivity contribution in [1.29, 1.82) is 0 Å². The summed E-state index contributed by atoms with van der Waals surface area (Å²) < 4.78 is 28.2. The van der Waals surface area contributed by atoms with E-state index < -0.39 is 10.2 Å². The first-order valence-corrected chi connectivity index (χ1v) is 7.76. The number of anilines is 1. The molecule has 19 heavy (non-hydrogen) atoms. The molecule has 0 bridgehead atoms. The Kier molecular flexibility index (Phi) is 5.34. The SMILES string of the molecule is CC(C)CNS(=O)(=O)N(C)C(C)c1cccc(N)c1. The molecule has 0 saturated carbocycles. The van der Waals surface area contributed by atoms with Crippen LogP contribution in [0.25, 0.3) is 0 Å². The third kappa shape index (κ3) is 4.49. The zero-order chi connectivity index (χ0) is 14.6. The van der Waals surface area contributed by atoms with Crippen LogP contribution in [0.15, 0.2) is 24.3 Å². The van der Waals surface area contributed by atoms with E-state index in [1.54, 1.807) is 19.2 Å². The van der Waals surface area contributed by atoms with E-state index in [0.29, 0.717) is 12.2 Å². The Bertz CT molecular complexity index is 514. The first-order valence-electron chi connectivity index (χ1n) is 6.32. The predicted octanol–water partition coefficient (Wildman–Crippen LogP) is 1.75. The van der Waals surface area contributed by atoms with Crippen LogP contribution in [0.3, 0.4) is 0 Å². The summed E-state index contributed by atoms with van der Waals surface area (Å²) in [5.74, 6) is 0.269. The second-order valence-electron chi connectivity index (χ2n) is 5.11. The van der Waals surface area contributed by atoms with Gasteiger partial charge in [-0.1, -0.05) is 26.0 Å². The van der Waals surface area contributed by atoms with Crippen LogP contribution in [0.5, 0.6) is 0 Å². The van der Waals surface area contributed by atoms with Gasteiger partial charge in [-0.15, -0.1) is 0 Å². The van der Waals surface area contributed by atoms with E-state index in [9.17, 15) is 8.42 Å². The molecular formula is C13H23N3O2S. The van der Waals surface area contributed by atoms with Crippen molar-refractivity contribution in [1.82, 2.24) is 9.03 Å². The molecule has 1 aromatic rings. The first-order chi connectivity index (χ1) is 8.74. The molecule has 1 unspecified atom stereocenters. The highest BCUT2D eigenvalue weighted by Gasteiger charge is 2.24. The molecule has 0 aliphatic heterocycles. The maximum absolute atomic E-state index is 12.1. The molecule has 1 rings (SSSR count). The summed E-state index contributed by atoms with van der Waals surface area (Å²) in [7, 11) is -1.91. The fraction of sp³-hybridized carbons (Fsp3) is 0.538. The van der Waals surface area contributed by atoms with Gasteiger partial charge < -0.3 is 5.73 Å². The van der Waals surface area contributed by atoms with Gasteiger partial charge in [-0.05, 0) is 30.5 Å². The van der Waals surface area contributed by atoms with Crippen LogP contribution < -0.4 is 10.5 Å². The van der Waals surface area contributed by atoms with Gasteiger partial charge in [-0.2, -0.15) is 12.7 Å². The Balaban J connectivity index is 2.84. The molecule has 0 heterocycles. The van der Waals surface area contributed by atoms with E-state index in [1.165, 1.54) is 4.31 Å². The van der Waals surface area contributed by atoms with Crippen molar-refractivity contribution in [3.05, 3.63) is 29.8 Å². The average Bonchev–Trinajstić information content (AvgIpc) is 2.34. The maximum Gasteiger partial charge on any atom is 0.279 e. The van der Waals surface area contributed by atoms with E-state index in [4.69, 9.17) is 5.73 Å². The second kappa shape index (κ2) is 6.36. The normalized spacial score (nSPS) is 14.0. The molecule has 6 heteroatoms. The average molecular weight is 285 g/mol. The number of nitrogen functional groups attached to an aromatic ring is 1. The standard InChI is InChI=1S/C13H23N3O2S/c1-10(2)9-15-19(17,18)16(4)11(3)12-6-5-7-13(14)8-12/h5-8,10-11,15H,9,14H2,1-4H3. The van der Waals surface area contributed by atoms with Gasteiger partial charge in [-0.3, -0.25) is 0 Å². The van der Waals surface area contributed by atoms with Gasteiger partial charge in [0.1, 0.15) is 0 Å². The van der Waals surface area contributed by atoms with Crippen LogP contribution in [0.4, 0.5) is 5.69 Å². The number of hydrogen-bond donors (Lipinski definition) is 2. The van der Waals surface area contributed by atoms with Crippen LogP contribution >= 0.6 is 0 Å². The largest absolute Gasteiger partial charge is 0.399 e. The Morgan fingerprint density at radius 1 is 1.32 bits per heavy atom. The number of nitrogens with one attached hydrogen (secondary N) is 1. The van der Waals surface area contributed by atoms with E-state index in [-0.39, 0.29) is 12.0 Å². The Morgan fingerprint density at radius 3 is 2.47 bits per heavy atom. The van der Waals surface area contributed by atoms with E-state index in [2.05, 4.69) is 4.72 Å². The summed E-state index contributed by atoms with van der Waals surface area (Å²) in [6.07, 6.45) is 0. The Labute approximate surface area is 116 Å². The first kappa shape index (κ1) is 15.9. The molecule has 0 radical (unpaired) electrons. The number of benzene rings is 1. The number of nitrogens with zero attached hydrogens (tertiary/aromatic N) is 1. The van der Waals surface area contributed by atoms with Gasteiger partial charge in [-0.25, -0.2) is 4.72 Å². The highest BCUT2D eigenvalue weighted by Crippen LogP contribution is 2.22. The quantitative estimate of drug-likeness (QED) is 0.782. The fourth-order valence-electron chi connectivity index (χ4n) is 1.61. The lowest BCUT2D eigenvalue weighted by Crippen LogP contribution is -2.41. The molecule has 108 valence electrons. The van der Waals surface area contributed by atoms with Crippen molar-refractivity contribution in [3.63, 3.8) is 0 Å². The van der Waals surface area contributed by atoms with Gasteiger partial charge in [0.2, 0.25) is 0 Å². The summed E-state index contributed by atoms with van der Waals surface area (Å²) in [5.41, 5.74) is 7.22. The van der Waals surface area contributed by atoms with Gasteiger partial charge in [0.05, 0.1) is 0 Å². The molecule has 1 atom stereocenters. The minimum Gasteiger partial charge on any atom is -0.399 e. The molecule has 0 spiro atoms. The lowest BCUT2D eigenvalue weighted by Gasteiger charge is -2.25. The zero-order valence-electron chi connectivity index (χ0n) is 11.9. The highest BCUT2D eigenvalue weighted by atomic mass is 32.2. The molecule has 0 amide bonds. The van der Waals surface area contributed by atoms with Crippen molar-refractivity contribution >= 4 is 15.9 Å². The molecular weight excluding hydrogens is 262 g/mol. The van der Waals surface area contributed by atoms with Crippen molar-refractivity contribution < 1.29 is 8.42 Å². The van der Waals surface area contributed by atoms with Crippen LogP contribution in [0, 0.1) is 5.92 Å². The third-order valence-corrected chi connectivity index (χ3v) is 4.60. The van der Waals surface area contributed by atoms with Crippen LogP contribution in [-0.4, -0.2) is 26.3 Å². The topological polar surface area (TPSA) is 75.4 Å². The molecule has 3 N–H and O–H groups in total. The number of hydrogen-bond acceptors (Lipinski definition) is 3. The van der Waals surface area contributed by atoms with Crippen molar-refractivity contribution in [2.45, 2.75) is 26.8 Å². The van der Waals surface area contributed by atoms with Crippen molar-refractivity contribution in [2.75, 3.05) is 19.3 Å². The fourth-order valence-corrected chi connectivity index (χ4v) is 2.90. The number of nitrogens with two attached hydrogens (primary N) is 1. The summed E-state index contributed by atoms with van der Waals surface area (Å²) in [4.78, 5) is 0. The van der Waals surface area contributed by atoms with Crippen molar-refractivity contribution in [3.8, 4) is 0 Å². The van der Waals surface area contributed by atoms with E-state index in [1.807, 2.05) is 32.9 Å². The smallest absolute Gasteiger partial charge is 0.279 e. The minimum absolute atomic E-state index is 0.269. The Morgan fingerprint density at radius 2 is 1.95 bits per heavy atom. The molecule has 0 saturated heterocycles. The maximum atomic E-state index is 12.1. The van der Waals surface area contributed by atoms with Crippen molar-refractivity contribution in [2.24, 2.45) is 5.92 Å². The van der Waals surface area contributed by atoms with E-state index in [0.717, 1.165) is 5.56 Å². The van der Waals surface area contributed by atoms with Gasteiger partial charge >= 0.3 is 0 Å². The summed E-state index contributed by atoms with van der Waals surface area (Å²) >= 11 is 0. The van der Waals surface area contributed by atoms with Crippen LogP contribution in [-0.2, 0) is 10.2 Å². The van der Waals surface area contributed by atoms with Crippen LogP contribution in [0.1, 0.15) is 32.4 Å². The van der Waals surface area contributed by atoms with Gasteiger partial charge in [0, 0.05) is 25.3 Å².